The molecule has 5 heteroatoms. The van der Waals surface area contributed by atoms with Crippen LogP contribution in [0, 0.1) is 0 Å². The molecule has 0 atom stereocenters. The van der Waals surface area contributed by atoms with Crippen LogP contribution in [-0.4, -0.2) is 15.9 Å². The smallest absolute Gasteiger partial charge is 0.275 e. The Kier molecular flexibility index (Phi) is 3.31. The van der Waals surface area contributed by atoms with E-state index in [2.05, 4.69) is 15.3 Å². The molecule has 0 aliphatic carbocycles. The Bertz CT molecular complexity index is 789. The van der Waals surface area contributed by atoms with Gasteiger partial charge in [0.25, 0.3) is 5.91 Å². The zero-order chi connectivity index (χ0) is 13.9. The first-order valence-corrected chi connectivity index (χ1v) is 6.39. The number of amides is 1. The summed E-state index contributed by atoms with van der Waals surface area (Å²) in [6.07, 6.45) is 1.45. The van der Waals surface area contributed by atoms with Crippen molar-refractivity contribution in [2.45, 2.75) is 0 Å². The van der Waals surface area contributed by atoms with Crippen LogP contribution >= 0.6 is 11.6 Å². The van der Waals surface area contributed by atoms with E-state index >= 15 is 0 Å². The van der Waals surface area contributed by atoms with Crippen LogP contribution in [0.25, 0.3) is 11.0 Å². The van der Waals surface area contributed by atoms with Gasteiger partial charge in [-0.15, -0.1) is 0 Å². The molecule has 0 spiro atoms. The van der Waals surface area contributed by atoms with E-state index in [-0.39, 0.29) is 11.6 Å². The lowest BCUT2D eigenvalue weighted by Gasteiger charge is -2.06. The molecule has 1 aromatic heterocycles. The highest BCUT2D eigenvalue weighted by Crippen LogP contribution is 2.21. The van der Waals surface area contributed by atoms with Gasteiger partial charge in [0.15, 0.2) is 0 Å². The fraction of sp³-hybridized carbons (Fsp3) is 0. The maximum atomic E-state index is 12.1. The molecule has 98 valence electrons. The van der Waals surface area contributed by atoms with Gasteiger partial charge in [-0.3, -0.25) is 9.78 Å². The standard InChI is InChI=1S/C15H10ClN3O/c16-10-5-1-2-6-11(10)19-15(20)14-9-17-12-7-3-4-8-13(12)18-14/h1-9H,(H,19,20). The first-order chi connectivity index (χ1) is 9.74. The van der Waals surface area contributed by atoms with Crippen molar-refractivity contribution in [1.29, 1.82) is 0 Å². The topological polar surface area (TPSA) is 54.9 Å². The molecule has 1 N–H and O–H groups in total. The van der Waals surface area contributed by atoms with Crippen LogP contribution in [0.1, 0.15) is 10.5 Å². The largest absolute Gasteiger partial charge is 0.319 e. The van der Waals surface area contributed by atoms with E-state index in [0.29, 0.717) is 16.2 Å². The molecule has 0 radical (unpaired) electrons. The third-order valence-corrected chi connectivity index (χ3v) is 3.13. The number of carbonyl (C=O) groups excluding carboxylic acids is 1. The molecule has 3 aromatic rings. The van der Waals surface area contributed by atoms with Gasteiger partial charge in [-0.05, 0) is 24.3 Å². The van der Waals surface area contributed by atoms with Gasteiger partial charge in [0.05, 0.1) is 27.9 Å². The van der Waals surface area contributed by atoms with E-state index in [4.69, 9.17) is 11.6 Å². The molecule has 0 unspecified atom stereocenters. The van der Waals surface area contributed by atoms with Crippen molar-refractivity contribution in [1.82, 2.24) is 9.97 Å². The maximum Gasteiger partial charge on any atom is 0.275 e. The second-order valence-electron chi connectivity index (χ2n) is 4.18. The Morgan fingerprint density at radius 2 is 1.70 bits per heavy atom. The number of carbonyl (C=O) groups is 1. The quantitative estimate of drug-likeness (QED) is 0.783. The first-order valence-electron chi connectivity index (χ1n) is 6.02. The van der Waals surface area contributed by atoms with Crippen LogP contribution in [0.5, 0.6) is 0 Å². The fourth-order valence-corrected chi connectivity index (χ4v) is 2.00. The number of nitrogens with zero attached hydrogens (tertiary/aromatic N) is 2. The normalized spacial score (nSPS) is 10.4. The molecule has 2 aromatic carbocycles. The van der Waals surface area contributed by atoms with E-state index in [1.807, 2.05) is 24.3 Å². The van der Waals surface area contributed by atoms with Crippen LogP contribution in [0.3, 0.4) is 0 Å². The van der Waals surface area contributed by atoms with Gasteiger partial charge in [-0.2, -0.15) is 0 Å². The molecular weight excluding hydrogens is 274 g/mol. The summed E-state index contributed by atoms with van der Waals surface area (Å²) in [5.74, 6) is -0.337. The summed E-state index contributed by atoms with van der Waals surface area (Å²) in [5.41, 5.74) is 2.24. The molecule has 0 fully saturated rings. The summed E-state index contributed by atoms with van der Waals surface area (Å²) in [7, 11) is 0. The van der Waals surface area contributed by atoms with Gasteiger partial charge in [-0.25, -0.2) is 4.98 Å². The third-order valence-electron chi connectivity index (χ3n) is 2.80. The van der Waals surface area contributed by atoms with Crippen molar-refractivity contribution >= 4 is 34.2 Å². The highest BCUT2D eigenvalue weighted by Gasteiger charge is 2.10. The lowest BCUT2D eigenvalue weighted by molar-refractivity contribution is 0.102. The van der Waals surface area contributed by atoms with Crippen LogP contribution in [0.15, 0.2) is 54.7 Å². The predicted molar refractivity (Wildman–Crippen MR) is 78.9 cm³/mol. The highest BCUT2D eigenvalue weighted by molar-refractivity contribution is 6.33. The van der Waals surface area contributed by atoms with Gasteiger partial charge < -0.3 is 5.32 Å². The number of fused-ring (bicyclic) bond motifs is 1. The average molecular weight is 284 g/mol. The second kappa shape index (κ2) is 5.27. The lowest BCUT2D eigenvalue weighted by Crippen LogP contribution is -2.14. The van der Waals surface area contributed by atoms with Crippen molar-refractivity contribution in [3.8, 4) is 0 Å². The van der Waals surface area contributed by atoms with E-state index in [0.717, 1.165) is 5.52 Å². The number of benzene rings is 2. The maximum absolute atomic E-state index is 12.1. The Morgan fingerprint density at radius 3 is 2.50 bits per heavy atom. The SMILES string of the molecule is O=C(Nc1ccccc1Cl)c1cnc2ccccc2n1. The number of anilines is 1. The van der Waals surface area contributed by atoms with E-state index in [9.17, 15) is 4.79 Å². The van der Waals surface area contributed by atoms with Gasteiger partial charge in [0.1, 0.15) is 5.69 Å². The van der Waals surface area contributed by atoms with Crippen molar-refractivity contribution in [3.63, 3.8) is 0 Å². The number of hydrogen-bond donors (Lipinski definition) is 1. The minimum Gasteiger partial charge on any atom is -0.319 e. The summed E-state index contributed by atoms with van der Waals surface area (Å²) in [6.45, 7) is 0. The summed E-state index contributed by atoms with van der Waals surface area (Å²) in [6, 6.07) is 14.4. The first kappa shape index (κ1) is 12.6. The molecule has 4 nitrogen and oxygen atoms in total. The second-order valence-corrected chi connectivity index (χ2v) is 4.59. The Labute approximate surface area is 120 Å². The zero-order valence-electron chi connectivity index (χ0n) is 10.4. The van der Waals surface area contributed by atoms with Crippen molar-refractivity contribution in [3.05, 3.63) is 65.4 Å². The number of aromatic nitrogens is 2. The van der Waals surface area contributed by atoms with E-state index in [1.165, 1.54) is 6.20 Å². The molecule has 0 aliphatic rings. The summed E-state index contributed by atoms with van der Waals surface area (Å²) in [5, 5.41) is 3.20. The predicted octanol–water partition coefficient (Wildman–Crippen LogP) is 3.54. The number of rotatable bonds is 2. The number of nitrogens with one attached hydrogen (secondary N) is 1. The van der Waals surface area contributed by atoms with Crippen LogP contribution in [0.4, 0.5) is 5.69 Å². The number of hydrogen-bond acceptors (Lipinski definition) is 3. The summed E-state index contributed by atoms with van der Waals surface area (Å²) >= 11 is 6.00. The lowest BCUT2D eigenvalue weighted by atomic mass is 10.3. The minimum atomic E-state index is -0.337. The van der Waals surface area contributed by atoms with Gasteiger partial charge in [-0.1, -0.05) is 35.9 Å². The molecule has 3 rings (SSSR count). The van der Waals surface area contributed by atoms with E-state index < -0.39 is 0 Å². The Morgan fingerprint density at radius 1 is 1.00 bits per heavy atom. The summed E-state index contributed by atoms with van der Waals surface area (Å²) < 4.78 is 0. The van der Waals surface area contributed by atoms with Crippen LogP contribution < -0.4 is 5.32 Å². The molecule has 20 heavy (non-hydrogen) atoms. The van der Waals surface area contributed by atoms with Gasteiger partial charge >= 0.3 is 0 Å². The molecule has 0 saturated heterocycles. The van der Waals surface area contributed by atoms with E-state index in [1.54, 1.807) is 24.3 Å². The van der Waals surface area contributed by atoms with Gasteiger partial charge in [0.2, 0.25) is 0 Å². The van der Waals surface area contributed by atoms with Crippen molar-refractivity contribution in [2.24, 2.45) is 0 Å². The van der Waals surface area contributed by atoms with Crippen molar-refractivity contribution < 1.29 is 4.79 Å². The minimum absolute atomic E-state index is 0.253. The zero-order valence-corrected chi connectivity index (χ0v) is 11.1. The Balaban J connectivity index is 1.91. The number of para-hydroxylation sites is 3. The highest BCUT2D eigenvalue weighted by atomic mass is 35.5. The van der Waals surface area contributed by atoms with Crippen molar-refractivity contribution in [2.75, 3.05) is 5.32 Å². The third kappa shape index (κ3) is 2.46. The Hall–Kier alpha value is -2.46. The van der Waals surface area contributed by atoms with Gasteiger partial charge in [0, 0.05) is 0 Å². The molecule has 1 amide bonds. The molecule has 0 aliphatic heterocycles. The van der Waals surface area contributed by atoms with Crippen LogP contribution in [-0.2, 0) is 0 Å². The molecular formula is C15H10ClN3O. The molecule has 0 saturated carbocycles. The molecule has 0 bridgehead atoms. The summed E-state index contributed by atoms with van der Waals surface area (Å²) in [4.78, 5) is 20.6. The fourth-order valence-electron chi connectivity index (χ4n) is 1.82. The number of halogens is 1. The monoisotopic (exact) mass is 283 g/mol. The van der Waals surface area contributed by atoms with Crippen LogP contribution in [0.2, 0.25) is 5.02 Å². The average Bonchev–Trinajstić information content (AvgIpc) is 2.49. The molecule has 1 heterocycles.